The Hall–Kier alpha value is -0.300. The van der Waals surface area contributed by atoms with E-state index in [0.29, 0.717) is 6.10 Å². The van der Waals surface area contributed by atoms with Gasteiger partial charge in [-0.05, 0) is 25.3 Å². The lowest BCUT2D eigenvalue weighted by molar-refractivity contribution is 0.321. The Morgan fingerprint density at radius 3 is 2.80 bits per heavy atom. The Morgan fingerprint density at radius 1 is 1.50 bits per heavy atom. The van der Waals surface area contributed by atoms with E-state index in [-0.39, 0.29) is 5.60 Å². The molecular formula is C9H13O. The second-order valence-electron chi connectivity index (χ2n) is 3.35. The van der Waals surface area contributed by atoms with E-state index in [1.807, 2.05) is 0 Å². The summed E-state index contributed by atoms with van der Waals surface area (Å²) in [4.78, 5) is 0. The summed E-state index contributed by atoms with van der Waals surface area (Å²) < 4.78 is 5.56. The van der Waals surface area contributed by atoms with Crippen molar-refractivity contribution < 1.29 is 4.74 Å². The van der Waals surface area contributed by atoms with Gasteiger partial charge >= 0.3 is 0 Å². The predicted octanol–water partition coefficient (Wildman–Crippen LogP) is 2.09. The highest BCUT2D eigenvalue weighted by atomic mass is 16.6. The number of fused-ring (bicyclic) bond motifs is 1. The molecule has 0 aromatic carbocycles. The van der Waals surface area contributed by atoms with Gasteiger partial charge in [0, 0.05) is 0 Å². The van der Waals surface area contributed by atoms with E-state index in [4.69, 9.17) is 4.74 Å². The number of epoxide rings is 1. The quantitative estimate of drug-likeness (QED) is 0.504. The molecule has 1 saturated carbocycles. The molecule has 1 aliphatic heterocycles. The smallest absolute Gasteiger partial charge is 0.115 e. The first kappa shape index (κ1) is 6.41. The van der Waals surface area contributed by atoms with Crippen LogP contribution < -0.4 is 0 Å². The van der Waals surface area contributed by atoms with Gasteiger partial charge in [-0.1, -0.05) is 19.4 Å². The van der Waals surface area contributed by atoms with E-state index < -0.39 is 0 Å². The third-order valence-corrected chi connectivity index (χ3v) is 2.68. The summed E-state index contributed by atoms with van der Waals surface area (Å²) in [6, 6.07) is 0. The number of hydrogen-bond donors (Lipinski definition) is 0. The van der Waals surface area contributed by atoms with Crippen LogP contribution in [0.4, 0.5) is 0 Å². The van der Waals surface area contributed by atoms with Crippen LogP contribution in [0.2, 0.25) is 0 Å². The standard InChI is InChI=1S/C9H13O/c1-7(2)9-6-4-3-5-8(9)10-9/h8H,1-6H2. The van der Waals surface area contributed by atoms with Crippen LogP contribution in [0, 0.1) is 6.92 Å². The zero-order valence-corrected chi connectivity index (χ0v) is 6.23. The maximum absolute atomic E-state index is 5.56. The van der Waals surface area contributed by atoms with Gasteiger partial charge < -0.3 is 4.74 Å². The third-order valence-electron chi connectivity index (χ3n) is 2.68. The third kappa shape index (κ3) is 0.671. The van der Waals surface area contributed by atoms with Gasteiger partial charge in [-0.3, -0.25) is 0 Å². The van der Waals surface area contributed by atoms with Crippen LogP contribution >= 0.6 is 0 Å². The van der Waals surface area contributed by atoms with Crippen molar-refractivity contribution in [3.05, 3.63) is 19.1 Å². The molecule has 0 aromatic heterocycles. The summed E-state index contributed by atoms with van der Waals surface area (Å²) >= 11 is 0. The van der Waals surface area contributed by atoms with Crippen LogP contribution in [0.15, 0.2) is 12.2 Å². The molecule has 1 aliphatic carbocycles. The van der Waals surface area contributed by atoms with E-state index in [1.54, 1.807) is 0 Å². The molecule has 0 bridgehead atoms. The van der Waals surface area contributed by atoms with Crippen molar-refractivity contribution in [1.29, 1.82) is 0 Å². The fourth-order valence-electron chi connectivity index (χ4n) is 1.94. The van der Waals surface area contributed by atoms with Gasteiger partial charge in [-0.15, -0.1) is 0 Å². The molecule has 1 radical (unpaired) electrons. The fraction of sp³-hybridized carbons (Fsp3) is 0.667. The van der Waals surface area contributed by atoms with Crippen molar-refractivity contribution >= 4 is 0 Å². The van der Waals surface area contributed by atoms with E-state index in [1.165, 1.54) is 19.3 Å². The summed E-state index contributed by atoms with van der Waals surface area (Å²) in [6.07, 6.45) is 5.45. The molecule has 2 fully saturated rings. The maximum atomic E-state index is 5.56. The van der Waals surface area contributed by atoms with Gasteiger partial charge in [0.15, 0.2) is 0 Å². The first-order valence-electron chi connectivity index (χ1n) is 3.95. The molecule has 2 rings (SSSR count). The van der Waals surface area contributed by atoms with E-state index in [9.17, 15) is 0 Å². The molecule has 0 spiro atoms. The topological polar surface area (TPSA) is 12.5 Å². The summed E-state index contributed by atoms with van der Waals surface area (Å²) in [5, 5.41) is 0. The molecule has 1 saturated heterocycles. The largest absolute Gasteiger partial charge is 0.361 e. The molecular weight excluding hydrogens is 124 g/mol. The van der Waals surface area contributed by atoms with Crippen LogP contribution in [0.25, 0.3) is 0 Å². The van der Waals surface area contributed by atoms with Crippen LogP contribution in [0.3, 0.4) is 0 Å². The Bertz CT molecular complexity index is 174. The Labute approximate surface area is 62.1 Å². The zero-order chi connectivity index (χ0) is 7.19. The highest BCUT2D eigenvalue weighted by Crippen LogP contribution is 2.51. The number of rotatable bonds is 1. The number of hydrogen-bond acceptors (Lipinski definition) is 1. The van der Waals surface area contributed by atoms with Gasteiger partial charge in [-0.25, -0.2) is 0 Å². The van der Waals surface area contributed by atoms with Crippen molar-refractivity contribution in [2.75, 3.05) is 0 Å². The van der Waals surface area contributed by atoms with Gasteiger partial charge in [0.05, 0.1) is 6.10 Å². The monoisotopic (exact) mass is 137 g/mol. The molecule has 1 heteroatoms. The minimum absolute atomic E-state index is 0.0399. The van der Waals surface area contributed by atoms with Crippen LogP contribution in [-0.2, 0) is 4.74 Å². The molecule has 1 heterocycles. The maximum Gasteiger partial charge on any atom is 0.115 e. The Kier molecular flexibility index (Phi) is 1.19. The lowest BCUT2D eigenvalue weighted by atomic mass is 9.85. The van der Waals surface area contributed by atoms with Crippen molar-refractivity contribution in [3.8, 4) is 0 Å². The molecule has 1 nitrogen and oxygen atoms in total. The van der Waals surface area contributed by atoms with Gasteiger partial charge in [0.1, 0.15) is 5.60 Å². The van der Waals surface area contributed by atoms with Crippen LogP contribution in [-0.4, -0.2) is 11.7 Å². The molecule has 10 heavy (non-hydrogen) atoms. The normalized spacial score (nSPS) is 44.3. The van der Waals surface area contributed by atoms with Crippen LogP contribution in [0.5, 0.6) is 0 Å². The second-order valence-corrected chi connectivity index (χ2v) is 3.35. The molecule has 2 aliphatic rings. The minimum atomic E-state index is 0.0399. The SMILES string of the molecule is [CH2]C(=C)C12CCCCC1O2. The fourth-order valence-corrected chi connectivity index (χ4v) is 1.94. The molecule has 2 unspecified atom stereocenters. The first-order valence-corrected chi connectivity index (χ1v) is 3.95. The lowest BCUT2D eigenvalue weighted by Crippen LogP contribution is -2.19. The zero-order valence-electron chi connectivity index (χ0n) is 6.23. The second kappa shape index (κ2) is 1.85. The van der Waals surface area contributed by atoms with Crippen molar-refractivity contribution in [2.24, 2.45) is 0 Å². The number of ether oxygens (including phenoxy) is 1. The highest BCUT2D eigenvalue weighted by molar-refractivity contribution is 5.28. The molecule has 55 valence electrons. The summed E-state index contributed by atoms with van der Waals surface area (Å²) in [7, 11) is 0. The summed E-state index contributed by atoms with van der Waals surface area (Å²) in [5.41, 5.74) is 1.02. The first-order chi connectivity index (χ1) is 4.76. The summed E-state index contributed by atoms with van der Waals surface area (Å²) in [6.45, 7) is 7.71. The van der Waals surface area contributed by atoms with E-state index in [0.717, 1.165) is 12.0 Å². The van der Waals surface area contributed by atoms with Crippen molar-refractivity contribution in [1.82, 2.24) is 0 Å². The summed E-state index contributed by atoms with van der Waals surface area (Å²) in [5.74, 6) is 0. The average molecular weight is 137 g/mol. The average Bonchev–Trinajstić information content (AvgIpc) is 2.61. The Morgan fingerprint density at radius 2 is 2.30 bits per heavy atom. The van der Waals surface area contributed by atoms with Crippen molar-refractivity contribution in [2.45, 2.75) is 37.4 Å². The molecule has 0 N–H and O–H groups in total. The lowest BCUT2D eigenvalue weighted by Gasteiger charge is -2.16. The van der Waals surface area contributed by atoms with Gasteiger partial charge in [0.2, 0.25) is 0 Å². The highest BCUT2D eigenvalue weighted by Gasteiger charge is 2.57. The minimum Gasteiger partial charge on any atom is -0.361 e. The van der Waals surface area contributed by atoms with Gasteiger partial charge in [-0.2, -0.15) is 0 Å². The van der Waals surface area contributed by atoms with E-state index >= 15 is 0 Å². The molecule has 0 amide bonds. The van der Waals surface area contributed by atoms with Crippen molar-refractivity contribution in [3.63, 3.8) is 0 Å². The van der Waals surface area contributed by atoms with Gasteiger partial charge in [0.25, 0.3) is 0 Å². The Balaban J connectivity index is 2.12. The molecule has 2 atom stereocenters. The predicted molar refractivity (Wildman–Crippen MR) is 40.6 cm³/mol. The molecule has 0 aromatic rings. The van der Waals surface area contributed by atoms with E-state index in [2.05, 4.69) is 13.5 Å². The van der Waals surface area contributed by atoms with Crippen LogP contribution in [0.1, 0.15) is 25.7 Å².